The lowest BCUT2D eigenvalue weighted by Crippen LogP contribution is -2.42. The molecule has 0 saturated carbocycles. The molecular formula is C19H17F3N2O3. The van der Waals surface area contributed by atoms with Crippen molar-refractivity contribution < 1.29 is 27.5 Å². The Morgan fingerprint density at radius 1 is 1.04 bits per heavy atom. The van der Waals surface area contributed by atoms with E-state index in [1.165, 1.54) is 36.7 Å². The Morgan fingerprint density at radius 2 is 1.67 bits per heavy atom. The molecule has 1 amide bonds. The summed E-state index contributed by atoms with van der Waals surface area (Å²) in [5.74, 6) is -1.01. The van der Waals surface area contributed by atoms with Gasteiger partial charge in [-0.05, 0) is 25.0 Å². The molecule has 1 aliphatic heterocycles. The number of nitrogens with zero attached hydrogens (tertiary/aromatic N) is 2. The van der Waals surface area contributed by atoms with E-state index in [0.29, 0.717) is 29.7 Å². The molecule has 2 heterocycles. The Hall–Kier alpha value is -2.90. The summed E-state index contributed by atoms with van der Waals surface area (Å²) in [5.41, 5.74) is -0.252. The third-order valence-corrected chi connectivity index (χ3v) is 4.63. The quantitative estimate of drug-likeness (QED) is 0.468. The second-order valence-corrected chi connectivity index (χ2v) is 6.48. The number of hydrogen-bond donors (Lipinski definition) is 0. The number of benzene rings is 1. The van der Waals surface area contributed by atoms with Crippen LogP contribution in [0.3, 0.4) is 0 Å². The van der Waals surface area contributed by atoms with Gasteiger partial charge in [0.1, 0.15) is 0 Å². The topological polar surface area (TPSA) is 64.3 Å². The molecule has 0 unspecified atom stereocenters. The zero-order valence-electron chi connectivity index (χ0n) is 14.3. The Balaban J connectivity index is 1.71. The Bertz CT molecular complexity index is 833. The van der Waals surface area contributed by atoms with Crippen LogP contribution < -0.4 is 4.73 Å². The molecule has 1 aliphatic rings. The molecule has 1 aromatic carbocycles. The van der Waals surface area contributed by atoms with E-state index in [4.69, 9.17) is 0 Å². The standard InChI is InChI=1S/C19H17F3N2O3/c20-19(21,22)16-5-3-13(4-6-16)17(25)15-2-1-9-23(12-15)18(26)14-7-10-24(27)11-8-14/h3-8,10-11,15H,1-2,9,12H2/t15-/m0/s1. The first-order valence-corrected chi connectivity index (χ1v) is 8.45. The van der Waals surface area contributed by atoms with E-state index < -0.39 is 17.7 Å². The Morgan fingerprint density at radius 3 is 2.26 bits per heavy atom. The lowest BCUT2D eigenvalue weighted by Gasteiger charge is -2.32. The maximum absolute atomic E-state index is 12.7. The van der Waals surface area contributed by atoms with Gasteiger partial charge in [0.2, 0.25) is 0 Å². The minimum Gasteiger partial charge on any atom is -0.619 e. The average molecular weight is 378 g/mol. The molecule has 1 saturated heterocycles. The monoisotopic (exact) mass is 378 g/mol. The molecule has 2 aromatic rings. The van der Waals surface area contributed by atoms with E-state index in [9.17, 15) is 28.0 Å². The van der Waals surface area contributed by atoms with Gasteiger partial charge in [-0.2, -0.15) is 17.9 Å². The number of aromatic nitrogens is 1. The van der Waals surface area contributed by atoms with Crippen molar-refractivity contribution in [1.29, 1.82) is 0 Å². The zero-order valence-corrected chi connectivity index (χ0v) is 14.3. The average Bonchev–Trinajstić information content (AvgIpc) is 2.67. The third-order valence-electron chi connectivity index (χ3n) is 4.63. The van der Waals surface area contributed by atoms with E-state index in [1.807, 2.05) is 0 Å². The molecule has 0 aliphatic carbocycles. The highest BCUT2D eigenvalue weighted by molar-refractivity contribution is 5.99. The maximum atomic E-state index is 12.7. The van der Waals surface area contributed by atoms with E-state index >= 15 is 0 Å². The van der Waals surface area contributed by atoms with Crippen molar-refractivity contribution in [2.75, 3.05) is 13.1 Å². The van der Waals surface area contributed by atoms with Crippen molar-refractivity contribution in [2.45, 2.75) is 19.0 Å². The zero-order chi connectivity index (χ0) is 19.6. The minimum absolute atomic E-state index is 0.199. The summed E-state index contributed by atoms with van der Waals surface area (Å²) >= 11 is 0. The van der Waals surface area contributed by atoms with E-state index in [1.54, 1.807) is 4.90 Å². The maximum Gasteiger partial charge on any atom is 0.416 e. The van der Waals surface area contributed by atoms with Gasteiger partial charge in [-0.25, -0.2) is 0 Å². The number of carbonyl (C=O) groups excluding carboxylic acids is 2. The normalized spacial score (nSPS) is 17.6. The number of alkyl halides is 3. The van der Waals surface area contributed by atoms with Crippen LogP contribution in [0.4, 0.5) is 13.2 Å². The predicted octanol–water partition coefficient (Wildman–Crippen LogP) is 3.07. The number of ketones is 1. The van der Waals surface area contributed by atoms with Crippen LogP contribution in [0.5, 0.6) is 0 Å². The van der Waals surface area contributed by atoms with Crippen LogP contribution >= 0.6 is 0 Å². The highest BCUT2D eigenvalue weighted by atomic mass is 19.4. The molecule has 0 N–H and O–H groups in total. The van der Waals surface area contributed by atoms with Crippen molar-refractivity contribution in [3.05, 3.63) is 70.7 Å². The van der Waals surface area contributed by atoms with Crippen molar-refractivity contribution >= 4 is 11.7 Å². The van der Waals surface area contributed by atoms with E-state index in [0.717, 1.165) is 12.1 Å². The SMILES string of the molecule is O=C(c1ccc(C(F)(F)F)cc1)[C@H]1CCCN(C(=O)c2cc[n+]([O-])cc2)C1. The molecule has 1 aromatic heterocycles. The van der Waals surface area contributed by atoms with Gasteiger partial charge in [0.25, 0.3) is 5.91 Å². The number of amides is 1. The number of halogens is 3. The summed E-state index contributed by atoms with van der Waals surface area (Å²) in [6, 6.07) is 6.96. The van der Waals surface area contributed by atoms with Gasteiger partial charge in [0.05, 0.1) is 11.1 Å². The molecule has 1 atom stereocenters. The fourth-order valence-electron chi connectivity index (χ4n) is 3.17. The molecule has 142 valence electrons. The first kappa shape index (κ1) is 18.9. The predicted molar refractivity (Wildman–Crippen MR) is 89.8 cm³/mol. The van der Waals surface area contributed by atoms with E-state index in [-0.39, 0.29) is 23.8 Å². The molecule has 3 rings (SSSR count). The first-order chi connectivity index (χ1) is 12.8. The largest absolute Gasteiger partial charge is 0.619 e. The number of pyridine rings is 1. The summed E-state index contributed by atoms with van der Waals surface area (Å²) in [7, 11) is 0. The molecule has 0 bridgehead atoms. The first-order valence-electron chi connectivity index (χ1n) is 8.45. The molecule has 0 spiro atoms. The number of rotatable bonds is 3. The smallest absolute Gasteiger partial charge is 0.416 e. The summed E-state index contributed by atoms with van der Waals surface area (Å²) in [5, 5.41) is 11.1. The number of carbonyl (C=O) groups is 2. The second-order valence-electron chi connectivity index (χ2n) is 6.48. The number of Topliss-reactive ketones (excluding diaryl/α,β-unsaturated/α-hetero) is 1. The van der Waals surface area contributed by atoms with Crippen molar-refractivity contribution in [2.24, 2.45) is 5.92 Å². The fraction of sp³-hybridized carbons (Fsp3) is 0.316. The van der Waals surface area contributed by atoms with Crippen LogP contribution in [0.1, 0.15) is 39.1 Å². The molecule has 8 heteroatoms. The van der Waals surface area contributed by atoms with E-state index in [2.05, 4.69) is 0 Å². The van der Waals surface area contributed by atoms with Gasteiger partial charge < -0.3 is 10.1 Å². The molecule has 5 nitrogen and oxygen atoms in total. The van der Waals surface area contributed by atoms with Crippen molar-refractivity contribution in [3.63, 3.8) is 0 Å². The number of likely N-dealkylation sites (tertiary alicyclic amines) is 1. The van der Waals surface area contributed by atoms with Gasteiger partial charge in [-0.1, -0.05) is 12.1 Å². The highest BCUT2D eigenvalue weighted by Gasteiger charge is 2.32. The van der Waals surface area contributed by atoms with Gasteiger partial charge in [-0.15, -0.1) is 0 Å². The van der Waals surface area contributed by atoms with Crippen LogP contribution in [0.25, 0.3) is 0 Å². The van der Waals surface area contributed by atoms with Crippen molar-refractivity contribution in [1.82, 2.24) is 4.90 Å². The summed E-state index contributed by atoms with van der Waals surface area (Å²) < 4.78 is 38.5. The minimum atomic E-state index is -4.45. The Labute approximate surface area is 153 Å². The van der Waals surface area contributed by atoms with Crippen LogP contribution in [-0.4, -0.2) is 29.7 Å². The van der Waals surface area contributed by atoms with Crippen LogP contribution in [0, 0.1) is 11.1 Å². The van der Waals surface area contributed by atoms with Crippen molar-refractivity contribution in [3.8, 4) is 0 Å². The number of hydrogen-bond acceptors (Lipinski definition) is 3. The summed E-state index contributed by atoms with van der Waals surface area (Å²) in [6.07, 6.45) is -0.812. The van der Waals surface area contributed by atoms with Gasteiger partial charge in [0.15, 0.2) is 18.2 Å². The molecule has 1 fully saturated rings. The highest BCUT2D eigenvalue weighted by Crippen LogP contribution is 2.30. The Kier molecular flexibility index (Phi) is 5.16. The lowest BCUT2D eigenvalue weighted by atomic mass is 9.89. The summed E-state index contributed by atoms with van der Waals surface area (Å²) in [4.78, 5) is 26.7. The molecule has 0 radical (unpaired) electrons. The fourth-order valence-corrected chi connectivity index (χ4v) is 3.17. The van der Waals surface area contributed by atoms with Gasteiger partial charge in [0, 0.05) is 36.7 Å². The molecule has 27 heavy (non-hydrogen) atoms. The lowest BCUT2D eigenvalue weighted by molar-refractivity contribution is -0.605. The third kappa shape index (κ3) is 4.27. The number of piperidine rings is 1. The molecular weight excluding hydrogens is 361 g/mol. The van der Waals surface area contributed by atoms with Crippen LogP contribution in [0.2, 0.25) is 0 Å². The van der Waals surface area contributed by atoms with Crippen LogP contribution in [-0.2, 0) is 6.18 Å². The van der Waals surface area contributed by atoms with Crippen LogP contribution in [0.15, 0.2) is 48.8 Å². The summed E-state index contributed by atoms with van der Waals surface area (Å²) in [6.45, 7) is 0.687. The van der Waals surface area contributed by atoms with Gasteiger partial charge >= 0.3 is 6.18 Å². The second kappa shape index (κ2) is 7.38. The van der Waals surface area contributed by atoms with Gasteiger partial charge in [-0.3, -0.25) is 9.59 Å².